The zero-order chi connectivity index (χ0) is 27.4. The van der Waals surface area contributed by atoms with E-state index < -0.39 is 11.8 Å². The van der Waals surface area contributed by atoms with Crippen molar-refractivity contribution in [2.75, 3.05) is 17.7 Å². The van der Waals surface area contributed by atoms with Gasteiger partial charge in [0.25, 0.3) is 11.8 Å². The number of carbonyl (C=O) groups excluding carboxylic acids is 2. The van der Waals surface area contributed by atoms with E-state index in [4.69, 9.17) is 11.6 Å². The van der Waals surface area contributed by atoms with Crippen LogP contribution in [0.3, 0.4) is 0 Å². The molecular formula is C28H25ClN8O2. The average molecular weight is 541 g/mol. The monoisotopic (exact) mass is 540 g/mol. The molecule has 0 aliphatic rings. The van der Waals surface area contributed by atoms with Crippen molar-refractivity contribution < 1.29 is 9.59 Å². The van der Waals surface area contributed by atoms with Gasteiger partial charge >= 0.3 is 0 Å². The minimum Gasteiger partial charge on any atom is -0.373 e. The van der Waals surface area contributed by atoms with Crippen molar-refractivity contribution in [2.24, 2.45) is 7.05 Å². The number of para-hydroxylation sites is 1. The van der Waals surface area contributed by atoms with E-state index in [1.54, 1.807) is 37.8 Å². The average Bonchev–Trinajstić information content (AvgIpc) is 3.58. The minimum atomic E-state index is -0.453. The molecule has 39 heavy (non-hydrogen) atoms. The van der Waals surface area contributed by atoms with Crippen molar-refractivity contribution >= 4 is 35.1 Å². The van der Waals surface area contributed by atoms with Crippen molar-refractivity contribution in [2.45, 2.75) is 6.54 Å². The van der Waals surface area contributed by atoms with Gasteiger partial charge in [-0.05, 0) is 36.4 Å². The number of amides is 2. The van der Waals surface area contributed by atoms with Gasteiger partial charge in [0.2, 0.25) is 0 Å². The molecule has 3 heterocycles. The summed E-state index contributed by atoms with van der Waals surface area (Å²) in [4.78, 5) is 35.0. The second-order valence-corrected chi connectivity index (χ2v) is 9.05. The van der Waals surface area contributed by atoms with E-state index >= 15 is 0 Å². The van der Waals surface area contributed by atoms with Crippen molar-refractivity contribution in [1.29, 1.82) is 0 Å². The molecule has 10 nitrogen and oxygen atoms in total. The second-order valence-electron chi connectivity index (χ2n) is 8.65. The lowest BCUT2D eigenvalue weighted by molar-refractivity contribution is 0.0944. The quantitative estimate of drug-likeness (QED) is 0.266. The Labute approximate surface area is 229 Å². The van der Waals surface area contributed by atoms with Gasteiger partial charge in [-0.3, -0.25) is 9.59 Å². The van der Waals surface area contributed by atoms with E-state index in [1.165, 1.54) is 10.7 Å². The number of rotatable bonds is 8. The normalized spacial score (nSPS) is 10.7. The summed E-state index contributed by atoms with van der Waals surface area (Å²) in [6.45, 7) is 0.278. The molecule has 0 aliphatic heterocycles. The maximum Gasteiger partial charge on any atom is 0.272 e. The maximum absolute atomic E-state index is 13.4. The first-order valence-electron chi connectivity index (χ1n) is 12.1. The van der Waals surface area contributed by atoms with Gasteiger partial charge in [0.15, 0.2) is 5.69 Å². The van der Waals surface area contributed by atoms with Crippen LogP contribution in [0.25, 0.3) is 16.9 Å². The number of aromatic nitrogens is 5. The van der Waals surface area contributed by atoms with Crippen LogP contribution in [-0.4, -0.2) is 43.2 Å². The fourth-order valence-corrected chi connectivity index (χ4v) is 4.14. The number of nitrogens with one attached hydrogen (secondary N) is 3. The Balaban J connectivity index is 1.44. The van der Waals surface area contributed by atoms with Gasteiger partial charge in [-0.1, -0.05) is 41.9 Å². The molecular weight excluding hydrogens is 516 g/mol. The van der Waals surface area contributed by atoms with E-state index in [-0.39, 0.29) is 22.8 Å². The molecule has 0 fully saturated rings. The van der Waals surface area contributed by atoms with Gasteiger partial charge in [0.05, 0.1) is 40.5 Å². The number of nitrogens with zero attached hydrogens (tertiary/aromatic N) is 5. The number of aryl methyl sites for hydroxylation is 1. The Bertz CT molecular complexity index is 1640. The van der Waals surface area contributed by atoms with E-state index in [0.29, 0.717) is 23.0 Å². The zero-order valence-electron chi connectivity index (χ0n) is 21.2. The molecule has 0 saturated heterocycles. The van der Waals surface area contributed by atoms with Crippen molar-refractivity contribution in [3.63, 3.8) is 0 Å². The van der Waals surface area contributed by atoms with Crippen molar-refractivity contribution in [3.8, 4) is 16.9 Å². The zero-order valence-corrected chi connectivity index (χ0v) is 22.0. The number of anilines is 2. The highest BCUT2D eigenvalue weighted by atomic mass is 35.5. The molecule has 0 radical (unpaired) electrons. The molecule has 3 N–H and O–H groups in total. The van der Waals surface area contributed by atoms with Gasteiger partial charge in [0.1, 0.15) is 11.6 Å². The highest BCUT2D eigenvalue weighted by Gasteiger charge is 2.20. The number of imidazole rings is 1. The summed E-state index contributed by atoms with van der Waals surface area (Å²) >= 11 is 6.43. The number of hydrogen-bond donors (Lipinski definition) is 3. The second kappa shape index (κ2) is 11.2. The SMILES string of the molecule is CNc1cccc(-c2ccc(Cl)c(C(=O)Nc3cc(C(=O)NCc4cncn4C)nn3-c3ccccc3)c2)n1. The van der Waals surface area contributed by atoms with Crippen LogP contribution in [0.4, 0.5) is 11.6 Å². The van der Waals surface area contributed by atoms with Gasteiger partial charge in [-0.15, -0.1) is 0 Å². The van der Waals surface area contributed by atoms with Crippen LogP contribution >= 0.6 is 11.6 Å². The van der Waals surface area contributed by atoms with Crippen LogP contribution in [0.2, 0.25) is 5.02 Å². The Morgan fingerprint density at radius 2 is 1.79 bits per heavy atom. The lowest BCUT2D eigenvalue weighted by Gasteiger charge is -2.11. The highest BCUT2D eigenvalue weighted by Crippen LogP contribution is 2.26. The number of pyridine rings is 1. The Kier molecular flexibility index (Phi) is 7.37. The molecule has 0 aliphatic carbocycles. The topological polar surface area (TPSA) is 119 Å². The van der Waals surface area contributed by atoms with Crippen LogP contribution in [-0.2, 0) is 13.6 Å². The highest BCUT2D eigenvalue weighted by molar-refractivity contribution is 6.34. The summed E-state index contributed by atoms with van der Waals surface area (Å²) in [5.74, 6) is 0.172. The van der Waals surface area contributed by atoms with Gasteiger partial charge < -0.3 is 20.5 Å². The molecule has 5 aromatic rings. The molecule has 0 spiro atoms. The first-order valence-corrected chi connectivity index (χ1v) is 12.5. The molecule has 2 amide bonds. The Hall–Kier alpha value is -4.96. The van der Waals surface area contributed by atoms with Crippen LogP contribution in [0.15, 0.2) is 85.3 Å². The minimum absolute atomic E-state index is 0.143. The fraction of sp³-hybridized carbons (Fsp3) is 0.107. The molecule has 0 unspecified atom stereocenters. The molecule has 3 aromatic heterocycles. The summed E-state index contributed by atoms with van der Waals surface area (Å²) in [7, 11) is 3.63. The van der Waals surface area contributed by atoms with Gasteiger partial charge in [0, 0.05) is 31.9 Å². The van der Waals surface area contributed by atoms with E-state index in [2.05, 4.69) is 31.0 Å². The van der Waals surface area contributed by atoms with Crippen LogP contribution in [0.1, 0.15) is 26.5 Å². The van der Waals surface area contributed by atoms with E-state index in [1.807, 2.05) is 60.1 Å². The molecule has 5 rings (SSSR count). The lowest BCUT2D eigenvalue weighted by atomic mass is 10.1. The number of carbonyl (C=O) groups is 2. The van der Waals surface area contributed by atoms with Crippen molar-refractivity contribution in [1.82, 2.24) is 29.6 Å². The Morgan fingerprint density at radius 1 is 0.974 bits per heavy atom. The van der Waals surface area contributed by atoms with Crippen LogP contribution in [0, 0.1) is 0 Å². The predicted octanol–water partition coefficient (Wildman–Crippen LogP) is 4.55. The van der Waals surface area contributed by atoms with E-state index in [0.717, 1.165) is 11.3 Å². The Morgan fingerprint density at radius 3 is 2.54 bits per heavy atom. The summed E-state index contributed by atoms with van der Waals surface area (Å²) in [6.07, 6.45) is 3.34. The summed E-state index contributed by atoms with van der Waals surface area (Å²) in [6, 6.07) is 21.5. The molecule has 2 aromatic carbocycles. The van der Waals surface area contributed by atoms with Gasteiger partial charge in [-0.2, -0.15) is 5.10 Å². The lowest BCUT2D eigenvalue weighted by Crippen LogP contribution is -2.24. The number of hydrogen-bond acceptors (Lipinski definition) is 6. The maximum atomic E-state index is 13.4. The smallest absolute Gasteiger partial charge is 0.272 e. The molecule has 196 valence electrons. The third kappa shape index (κ3) is 5.65. The summed E-state index contributed by atoms with van der Waals surface area (Å²) in [5.41, 5.74) is 3.33. The van der Waals surface area contributed by atoms with Gasteiger partial charge in [-0.25, -0.2) is 14.6 Å². The van der Waals surface area contributed by atoms with Crippen molar-refractivity contribution in [3.05, 3.63) is 107 Å². The first kappa shape index (κ1) is 25.7. The standard InChI is InChI=1S/C28H25ClN8O2/c1-30-25-10-6-9-23(33-25)18-11-12-22(29)21(13-18)27(38)34-26-14-24(35-37(26)19-7-4-3-5-8-19)28(39)32-16-20-15-31-17-36(20)2/h3-15,17H,16H2,1-2H3,(H,30,33)(H,32,39)(H,34,38). The summed E-state index contributed by atoms with van der Waals surface area (Å²) in [5, 5.41) is 13.5. The molecule has 0 saturated carbocycles. The van der Waals surface area contributed by atoms with Crippen LogP contribution in [0.5, 0.6) is 0 Å². The molecule has 11 heteroatoms. The summed E-state index contributed by atoms with van der Waals surface area (Å²) < 4.78 is 3.32. The van der Waals surface area contributed by atoms with Crippen LogP contribution < -0.4 is 16.0 Å². The molecule has 0 atom stereocenters. The predicted molar refractivity (Wildman–Crippen MR) is 150 cm³/mol. The number of halogens is 1. The third-order valence-corrected chi connectivity index (χ3v) is 6.37. The fourth-order valence-electron chi connectivity index (χ4n) is 3.94. The first-order chi connectivity index (χ1) is 18.9. The largest absolute Gasteiger partial charge is 0.373 e. The van der Waals surface area contributed by atoms with E-state index in [9.17, 15) is 9.59 Å². The third-order valence-electron chi connectivity index (χ3n) is 6.04. The molecule has 0 bridgehead atoms. The number of benzene rings is 2.